The summed E-state index contributed by atoms with van der Waals surface area (Å²) < 4.78 is 5.08. The minimum atomic E-state index is -0.957. The summed E-state index contributed by atoms with van der Waals surface area (Å²) in [5.74, 6) is -0.298. The van der Waals surface area contributed by atoms with E-state index >= 15 is 0 Å². The molecule has 1 aromatic rings. The second-order valence-electron chi connectivity index (χ2n) is 3.56. The third kappa shape index (κ3) is 3.20. The molecule has 2 N–H and O–H groups in total. The number of carboxylic acids is 1. The number of aromatic nitrogens is 1. The quantitative estimate of drug-likeness (QED) is 0.793. The first-order valence-electron chi connectivity index (χ1n) is 5.02. The van der Waals surface area contributed by atoms with Crippen LogP contribution < -0.4 is 5.32 Å². The number of carboxylic acid groups (broad SMARTS) is 1. The summed E-state index contributed by atoms with van der Waals surface area (Å²) in [6.45, 7) is 4.25. The normalized spacial score (nSPS) is 12.2. The largest absolute Gasteiger partial charge is 0.478 e. The third-order valence-corrected chi connectivity index (χ3v) is 2.29. The van der Waals surface area contributed by atoms with E-state index < -0.39 is 5.97 Å². The molecule has 0 bridgehead atoms. The Bertz CT molecular complexity index is 379. The van der Waals surface area contributed by atoms with Gasteiger partial charge in [-0.1, -0.05) is 0 Å². The Morgan fingerprint density at radius 2 is 2.31 bits per heavy atom. The summed E-state index contributed by atoms with van der Waals surface area (Å²) in [5, 5.41) is 11.9. The first kappa shape index (κ1) is 12.4. The average molecular weight is 224 g/mol. The summed E-state index contributed by atoms with van der Waals surface area (Å²) in [4.78, 5) is 14.9. The Hall–Kier alpha value is -1.62. The minimum Gasteiger partial charge on any atom is -0.478 e. The highest BCUT2D eigenvalue weighted by Crippen LogP contribution is 2.10. The maximum Gasteiger partial charge on any atom is 0.337 e. The van der Waals surface area contributed by atoms with Crippen LogP contribution in [0.15, 0.2) is 12.1 Å². The smallest absolute Gasteiger partial charge is 0.337 e. The van der Waals surface area contributed by atoms with E-state index in [0.717, 1.165) is 0 Å². The Kier molecular flexibility index (Phi) is 4.25. The van der Waals surface area contributed by atoms with Gasteiger partial charge in [-0.15, -0.1) is 0 Å². The molecule has 0 saturated carbocycles. The number of methoxy groups -OCH3 is 1. The number of aryl methyl sites for hydroxylation is 1. The van der Waals surface area contributed by atoms with Crippen molar-refractivity contribution in [1.29, 1.82) is 0 Å². The molecule has 0 aromatic carbocycles. The molecule has 0 saturated heterocycles. The molecule has 5 nitrogen and oxygen atoms in total. The number of anilines is 1. The van der Waals surface area contributed by atoms with E-state index in [0.29, 0.717) is 18.1 Å². The van der Waals surface area contributed by atoms with E-state index in [2.05, 4.69) is 10.3 Å². The summed E-state index contributed by atoms with van der Waals surface area (Å²) in [6.07, 6.45) is 0.0845. The topological polar surface area (TPSA) is 71.5 Å². The lowest BCUT2D eigenvalue weighted by molar-refractivity contribution is 0.0695. The number of rotatable bonds is 5. The lowest BCUT2D eigenvalue weighted by Crippen LogP contribution is -2.19. The van der Waals surface area contributed by atoms with Crippen LogP contribution in [0.2, 0.25) is 0 Å². The van der Waals surface area contributed by atoms with Gasteiger partial charge in [0.05, 0.1) is 17.4 Å². The number of nitrogens with one attached hydrogen (secondary N) is 1. The van der Waals surface area contributed by atoms with Crippen LogP contribution in [0, 0.1) is 6.92 Å². The van der Waals surface area contributed by atoms with Gasteiger partial charge in [-0.25, -0.2) is 9.78 Å². The molecule has 0 fully saturated rings. The monoisotopic (exact) mass is 224 g/mol. The molecule has 1 unspecified atom stereocenters. The van der Waals surface area contributed by atoms with Crippen LogP contribution in [-0.4, -0.2) is 35.8 Å². The summed E-state index contributed by atoms with van der Waals surface area (Å²) in [7, 11) is 1.64. The summed E-state index contributed by atoms with van der Waals surface area (Å²) >= 11 is 0. The van der Waals surface area contributed by atoms with E-state index in [4.69, 9.17) is 9.84 Å². The molecule has 1 rings (SSSR count). The van der Waals surface area contributed by atoms with E-state index in [1.54, 1.807) is 26.2 Å². The first-order chi connectivity index (χ1) is 7.54. The fourth-order valence-electron chi connectivity index (χ4n) is 1.22. The van der Waals surface area contributed by atoms with Crippen LogP contribution >= 0.6 is 0 Å². The fourth-order valence-corrected chi connectivity index (χ4v) is 1.22. The molecule has 0 aliphatic carbocycles. The maximum atomic E-state index is 10.8. The molecule has 88 valence electrons. The highest BCUT2D eigenvalue weighted by molar-refractivity contribution is 5.89. The molecule has 16 heavy (non-hydrogen) atoms. The van der Waals surface area contributed by atoms with E-state index in [-0.39, 0.29) is 11.7 Å². The van der Waals surface area contributed by atoms with Gasteiger partial charge in [0, 0.05) is 13.7 Å². The van der Waals surface area contributed by atoms with Crippen molar-refractivity contribution >= 4 is 11.8 Å². The third-order valence-electron chi connectivity index (χ3n) is 2.29. The highest BCUT2D eigenvalue weighted by Gasteiger charge is 2.08. The zero-order valence-corrected chi connectivity index (χ0v) is 9.65. The number of pyridine rings is 1. The number of nitrogens with zero attached hydrogens (tertiary/aromatic N) is 1. The standard InChI is InChI=1S/C11H16N2O3/c1-7(16-3)6-12-10-5-4-9(11(14)15)8(2)13-10/h4-5,7H,6H2,1-3H3,(H,12,13)(H,14,15). The van der Waals surface area contributed by atoms with Crippen molar-refractivity contribution in [1.82, 2.24) is 4.98 Å². The van der Waals surface area contributed by atoms with Gasteiger partial charge >= 0.3 is 5.97 Å². The molecule has 1 aromatic heterocycles. The van der Waals surface area contributed by atoms with Crippen LogP contribution in [0.5, 0.6) is 0 Å². The number of hydrogen-bond acceptors (Lipinski definition) is 4. The lowest BCUT2D eigenvalue weighted by atomic mass is 10.2. The number of carbonyl (C=O) groups is 1. The van der Waals surface area contributed by atoms with Gasteiger partial charge in [-0.05, 0) is 26.0 Å². The summed E-state index contributed by atoms with van der Waals surface area (Å²) in [5.41, 5.74) is 0.730. The van der Waals surface area contributed by atoms with Crippen molar-refractivity contribution in [2.45, 2.75) is 20.0 Å². The fraction of sp³-hybridized carbons (Fsp3) is 0.455. The minimum absolute atomic E-state index is 0.0845. The van der Waals surface area contributed by atoms with Crippen molar-refractivity contribution in [2.24, 2.45) is 0 Å². The van der Waals surface area contributed by atoms with Crippen molar-refractivity contribution in [2.75, 3.05) is 19.0 Å². The maximum absolute atomic E-state index is 10.8. The van der Waals surface area contributed by atoms with Crippen LogP contribution in [0.3, 0.4) is 0 Å². The zero-order chi connectivity index (χ0) is 12.1. The van der Waals surface area contributed by atoms with Crippen molar-refractivity contribution in [3.8, 4) is 0 Å². The van der Waals surface area contributed by atoms with Gasteiger partial charge in [0.15, 0.2) is 0 Å². The van der Waals surface area contributed by atoms with Gasteiger partial charge in [-0.3, -0.25) is 0 Å². The molecule has 0 aliphatic heterocycles. The van der Waals surface area contributed by atoms with Gasteiger partial charge < -0.3 is 15.2 Å². The Labute approximate surface area is 94.5 Å². The Morgan fingerprint density at radius 3 is 2.81 bits per heavy atom. The molecule has 0 aliphatic rings. The van der Waals surface area contributed by atoms with Crippen LogP contribution in [0.1, 0.15) is 23.0 Å². The van der Waals surface area contributed by atoms with E-state index in [1.165, 1.54) is 0 Å². The van der Waals surface area contributed by atoms with Crippen LogP contribution in [0.4, 0.5) is 5.82 Å². The van der Waals surface area contributed by atoms with E-state index in [9.17, 15) is 4.79 Å². The molecule has 5 heteroatoms. The van der Waals surface area contributed by atoms with Crippen molar-refractivity contribution < 1.29 is 14.6 Å². The zero-order valence-electron chi connectivity index (χ0n) is 9.65. The van der Waals surface area contributed by atoms with Crippen LogP contribution in [-0.2, 0) is 4.74 Å². The molecule has 1 heterocycles. The Balaban J connectivity index is 2.70. The second kappa shape index (κ2) is 5.46. The molecule has 0 radical (unpaired) electrons. The predicted molar refractivity (Wildman–Crippen MR) is 60.9 cm³/mol. The Morgan fingerprint density at radius 1 is 1.62 bits per heavy atom. The second-order valence-corrected chi connectivity index (χ2v) is 3.56. The van der Waals surface area contributed by atoms with Gasteiger partial charge in [0.1, 0.15) is 5.82 Å². The molecular formula is C11H16N2O3. The highest BCUT2D eigenvalue weighted by atomic mass is 16.5. The predicted octanol–water partition coefficient (Wildman–Crippen LogP) is 1.54. The molecule has 0 amide bonds. The molecule has 0 spiro atoms. The van der Waals surface area contributed by atoms with Gasteiger partial charge in [0.25, 0.3) is 0 Å². The summed E-state index contributed by atoms with van der Waals surface area (Å²) in [6, 6.07) is 3.20. The lowest BCUT2D eigenvalue weighted by Gasteiger charge is -2.12. The first-order valence-corrected chi connectivity index (χ1v) is 5.02. The number of aromatic carboxylic acids is 1. The SMILES string of the molecule is COC(C)CNc1ccc(C(=O)O)c(C)n1. The van der Waals surface area contributed by atoms with Crippen LogP contribution in [0.25, 0.3) is 0 Å². The van der Waals surface area contributed by atoms with E-state index in [1.807, 2.05) is 6.92 Å². The number of hydrogen-bond donors (Lipinski definition) is 2. The average Bonchev–Trinajstić information content (AvgIpc) is 2.25. The van der Waals surface area contributed by atoms with Crippen molar-refractivity contribution in [3.05, 3.63) is 23.4 Å². The molecule has 1 atom stereocenters. The van der Waals surface area contributed by atoms with Crippen molar-refractivity contribution in [3.63, 3.8) is 0 Å². The van der Waals surface area contributed by atoms with Gasteiger partial charge in [0.2, 0.25) is 0 Å². The number of ether oxygens (including phenoxy) is 1. The molecular weight excluding hydrogens is 208 g/mol. The van der Waals surface area contributed by atoms with Gasteiger partial charge in [-0.2, -0.15) is 0 Å².